The number of benzene rings is 1. The maximum Gasteiger partial charge on any atom is 0.283 e. The van der Waals surface area contributed by atoms with Crippen molar-refractivity contribution in [2.75, 3.05) is 20.7 Å². The monoisotopic (exact) mass is 535 g/mol. The summed E-state index contributed by atoms with van der Waals surface area (Å²) in [6.45, 7) is 2.59. The molecule has 11 nitrogen and oxygen atoms in total. The van der Waals surface area contributed by atoms with Crippen molar-refractivity contribution in [3.05, 3.63) is 78.3 Å². The number of hydrogen-bond acceptors (Lipinski definition) is 9. The summed E-state index contributed by atoms with van der Waals surface area (Å²) in [6.07, 6.45) is 1.83. The molecular formula is C26H23F2N7O4. The molecule has 0 aliphatic carbocycles. The highest BCUT2D eigenvalue weighted by Gasteiger charge is 2.28. The number of halogens is 2. The van der Waals surface area contributed by atoms with Crippen molar-refractivity contribution < 1.29 is 27.6 Å². The maximum atomic E-state index is 13.6. The van der Waals surface area contributed by atoms with Gasteiger partial charge >= 0.3 is 0 Å². The van der Waals surface area contributed by atoms with Crippen LogP contribution in [0.3, 0.4) is 0 Å². The van der Waals surface area contributed by atoms with E-state index >= 15 is 0 Å². The highest BCUT2D eigenvalue weighted by Crippen LogP contribution is 2.29. The maximum absolute atomic E-state index is 13.6. The number of nitrogens with zero attached hydrogens (tertiary/aromatic N) is 7. The summed E-state index contributed by atoms with van der Waals surface area (Å²) >= 11 is 0. The Kier molecular flexibility index (Phi) is 6.98. The molecule has 0 radical (unpaired) electrons. The van der Waals surface area contributed by atoms with Crippen LogP contribution in [0.4, 0.5) is 8.78 Å². The minimum atomic E-state index is -3.19. The molecule has 200 valence electrons. The second kappa shape index (κ2) is 10.5. The first-order valence-electron chi connectivity index (χ1n) is 11.7. The third-order valence-electron chi connectivity index (χ3n) is 5.83. The summed E-state index contributed by atoms with van der Waals surface area (Å²) in [4.78, 5) is 17.7. The number of carbonyl (C=O) groups excluding carboxylic acids is 1. The van der Waals surface area contributed by atoms with Crippen LogP contribution >= 0.6 is 0 Å². The Bertz CT molecular complexity index is 1650. The van der Waals surface area contributed by atoms with E-state index in [-0.39, 0.29) is 18.8 Å². The van der Waals surface area contributed by atoms with E-state index in [1.165, 1.54) is 23.8 Å². The lowest BCUT2D eigenvalue weighted by molar-refractivity contribution is 0.0196. The Balaban J connectivity index is 1.39. The average molecular weight is 536 g/mol. The van der Waals surface area contributed by atoms with E-state index in [1.54, 1.807) is 19.2 Å². The second-order valence-electron chi connectivity index (χ2n) is 8.67. The van der Waals surface area contributed by atoms with Crippen LogP contribution in [0.15, 0.2) is 65.8 Å². The summed E-state index contributed by atoms with van der Waals surface area (Å²) in [5.41, 5.74) is 1.61. The van der Waals surface area contributed by atoms with Crippen molar-refractivity contribution in [3.8, 4) is 17.4 Å². The number of pyridine rings is 1. The van der Waals surface area contributed by atoms with Gasteiger partial charge in [0.1, 0.15) is 13.2 Å². The van der Waals surface area contributed by atoms with Crippen molar-refractivity contribution in [2.24, 2.45) is 0 Å². The molecule has 0 aliphatic rings. The molecule has 4 heterocycles. The minimum Gasteiger partial charge on any atom is -0.470 e. The summed E-state index contributed by atoms with van der Waals surface area (Å²) in [7, 11) is 2.84. The molecule has 0 atom stereocenters. The van der Waals surface area contributed by atoms with E-state index in [9.17, 15) is 13.6 Å². The quantitative estimate of drug-likeness (QED) is 0.245. The first-order valence-corrected chi connectivity index (χ1v) is 11.7. The minimum absolute atomic E-state index is 0.0285. The number of alkyl halides is 2. The second-order valence-corrected chi connectivity index (χ2v) is 8.67. The number of carbonyl (C=O) groups is 1. The Morgan fingerprint density at radius 3 is 2.69 bits per heavy atom. The molecule has 39 heavy (non-hydrogen) atoms. The molecule has 0 fully saturated rings. The van der Waals surface area contributed by atoms with Crippen LogP contribution in [-0.2, 0) is 18.0 Å². The van der Waals surface area contributed by atoms with Crippen molar-refractivity contribution >= 4 is 22.3 Å². The molecule has 1 amide bonds. The first kappa shape index (κ1) is 25.9. The molecule has 0 aliphatic heterocycles. The lowest BCUT2D eigenvalue weighted by atomic mass is 10.2. The molecule has 0 spiro atoms. The van der Waals surface area contributed by atoms with Gasteiger partial charge in [0, 0.05) is 37.2 Å². The fourth-order valence-corrected chi connectivity index (χ4v) is 3.90. The largest absolute Gasteiger partial charge is 0.470 e. The molecular weight excluding hydrogens is 512 g/mol. The van der Waals surface area contributed by atoms with Crippen molar-refractivity contribution in [1.82, 2.24) is 34.9 Å². The van der Waals surface area contributed by atoms with Gasteiger partial charge in [-0.1, -0.05) is 29.9 Å². The highest BCUT2D eigenvalue weighted by molar-refractivity contribution is 5.97. The van der Waals surface area contributed by atoms with Gasteiger partial charge in [0.05, 0.1) is 17.8 Å². The molecule has 0 N–H and O–H groups in total. The van der Waals surface area contributed by atoms with Gasteiger partial charge in [-0.2, -0.15) is 4.52 Å². The SMILES string of the molecule is C=CC(F)(F)CN(C)C(=O)c1ccc(COc2nn3c(-c4cc(COC)on4)nnc3c3ccccc23)nc1. The van der Waals surface area contributed by atoms with E-state index < -0.39 is 18.4 Å². The van der Waals surface area contributed by atoms with Gasteiger partial charge in [0.2, 0.25) is 11.7 Å². The summed E-state index contributed by atoms with van der Waals surface area (Å²) in [6, 6.07) is 12.2. The Morgan fingerprint density at radius 1 is 1.18 bits per heavy atom. The van der Waals surface area contributed by atoms with Crippen LogP contribution in [-0.4, -0.2) is 67.4 Å². The smallest absolute Gasteiger partial charge is 0.283 e. The molecule has 0 bridgehead atoms. The van der Waals surface area contributed by atoms with Crippen LogP contribution in [0.5, 0.6) is 5.88 Å². The van der Waals surface area contributed by atoms with Crippen LogP contribution in [0.2, 0.25) is 0 Å². The van der Waals surface area contributed by atoms with Crippen molar-refractivity contribution in [3.63, 3.8) is 0 Å². The Labute approximate surface area is 220 Å². The zero-order valence-corrected chi connectivity index (χ0v) is 21.0. The summed E-state index contributed by atoms with van der Waals surface area (Å²) in [5, 5.41) is 18.7. The van der Waals surface area contributed by atoms with E-state index in [4.69, 9.17) is 14.0 Å². The lowest BCUT2D eigenvalue weighted by Crippen LogP contribution is -2.37. The van der Waals surface area contributed by atoms with Crippen molar-refractivity contribution in [2.45, 2.75) is 19.1 Å². The fraction of sp³-hybridized carbons (Fsp3) is 0.231. The lowest BCUT2D eigenvalue weighted by Gasteiger charge is -2.21. The number of methoxy groups -OCH3 is 1. The van der Waals surface area contributed by atoms with Crippen LogP contribution < -0.4 is 4.74 Å². The topological polar surface area (TPSA) is 121 Å². The molecule has 0 unspecified atom stereocenters. The third-order valence-corrected chi connectivity index (χ3v) is 5.83. The van der Waals surface area contributed by atoms with E-state index in [1.807, 2.05) is 24.3 Å². The number of fused-ring (bicyclic) bond motifs is 3. The predicted molar refractivity (Wildman–Crippen MR) is 135 cm³/mol. The van der Waals surface area contributed by atoms with E-state index in [0.29, 0.717) is 46.0 Å². The molecule has 0 saturated carbocycles. The van der Waals surface area contributed by atoms with Crippen LogP contribution in [0, 0.1) is 0 Å². The van der Waals surface area contributed by atoms with Gasteiger partial charge < -0.3 is 18.9 Å². The van der Waals surface area contributed by atoms with Gasteiger partial charge in [-0.15, -0.1) is 15.3 Å². The number of amides is 1. The molecule has 13 heteroatoms. The molecule has 0 saturated heterocycles. The standard InChI is InChI=1S/C26H23F2N7O4/c1-4-26(27,28)15-34(2)25(36)16-9-10-17(29-12-16)13-38-24-20-8-6-5-7-19(20)22-30-31-23(35(22)32-24)21-11-18(14-37-3)39-33-21/h4-12H,1,13-15H2,2-3H3. The normalized spacial score (nSPS) is 11.7. The van der Waals surface area contributed by atoms with Crippen molar-refractivity contribution in [1.29, 1.82) is 0 Å². The average Bonchev–Trinajstić information content (AvgIpc) is 3.58. The third kappa shape index (κ3) is 5.29. The number of ether oxygens (including phenoxy) is 2. The molecule has 5 rings (SSSR count). The van der Waals surface area contributed by atoms with Gasteiger partial charge in [-0.05, 0) is 24.3 Å². The number of rotatable bonds is 10. The van der Waals surface area contributed by atoms with E-state index in [2.05, 4.69) is 32.0 Å². The number of aromatic nitrogens is 6. The van der Waals surface area contributed by atoms with Crippen LogP contribution in [0.25, 0.3) is 27.9 Å². The highest BCUT2D eigenvalue weighted by atomic mass is 19.3. The van der Waals surface area contributed by atoms with E-state index in [0.717, 1.165) is 10.3 Å². The molecule has 4 aromatic heterocycles. The predicted octanol–water partition coefficient (Wildman–Crippen LogP) is 3.95. The zero-order valence-electron chi connectivity index (χ0n) is 21.0. The Morgan fingerprint density at radius 2 is 1.97 bits per heavy atom. The van der Waals surface area contributed by atoms with Gasteiger partial charge in [0.15, 0.2) is 17.1 Å². The summed E-state index contributed by atoms with van der Waals surface area (Å²) in [5.74, 6) is -2.59. The fourth-order valence-electron chi connectivity index (χ4n) is 3.90. The molecule has 1 aromatic carbocycles. The van der Waals surface area contributed by atoms with Gasteiger partial charge in [-0.25, -0.2) is 8.78 Å². The number of hydrogen-bond donors (Lipinski definition) is 0. The zero-order chi connectivity index (χ0) is 27.6. The molecule has 5 aromatic rings. The first-order chi connectivity index (χ1) is 18.8. The Hall–Kier alpha value is -4.78. The van der Waals surface area contributed by atoms with Gasteiger partial charge in [0.25, 0.3) is 11.8 Å². The van der Waals surface area contributed by atoms with Crippen LogP contribution in [0.1, 0.15) is 21.8 Å². The van der Waals surface area contributed by atoms with Gasteiger partial charge in [-0.3, -0.25) is 9.78 Å². The summed E-state index contributed by atoms with van der Waals surface area (Å²) < 4.78 is 45.1.